The minimum Gasteiger partial charge on any atom is -0.382 e. The number of rotatable bonds is 3. The highest BCUT2D eigenvalue weighted by atomic mass is 32.1. The molecule has 20 heavy (non-hydrogen) atoms. The van der Waals surface area contributed by atoms with Crippen molar-refractivity contribution < 1.29 is 4.79 Å². The second-order valence-corrected chi connectivity index (χ2v) is 6.92. The lowest BCUT2D eigenvalue weighted by Gasteiger charge is -2.37. The third-order valence-electron chi connectivity index (χ3n) is 4.24. The van der Waals surface area contributed by atoms with Crippen LogP contribution in [0, 0.1) is 5.92 Å². The average Bonchev–Trinajstić information content (AvgIpc) is 3.11. The van der Waals surface area contributed by atoms with Crippen LogP contribution in [-0.4, -0.2) is 28.9 Å². The lowest BCUT2D eigenvalue weighted by molar-refractivity contribution is 0.0952. The predicted molar refractivity (Wildman–Crippen MR) is 82.2 cm³/mol. The van der Waals surface area contributed by atoms with Crippen LogP contribution in [0.1, 0.15) is 49.9 Å². The van der Waals surface area contributed by atoms with Gasteiger partial charge >= 0.3 is 0 Å². The molecule has 2 fully saturated rings. The molecule has 0 radical (unpaired) electrons. The van der Waals surface area contributed by atoms with Gasteiger partial charge in [-0.3, -0.25) is 4.79 Å². The molecule has 1 aromatic rings. The van der Waals surface area contributed by atoms with Gasteiger partial charge in [0.15, 0.2) is 5.82 Å². The molecule has 2 heterocycles. The van der Waals surface area contributed by atoms with E-state index in [1.54, 1.807) is 0 Å². The van der Waals surface area contributed by atoms with E-state index < -0.39 is 0 Å². The van der Waals surface area contributed by atoms with Crippen molar-refractivity contribution >= 4 is 28.3 Å². The van der Waals surface area contributed by atoms with Crippen molar-refractivity contribution in [2.24, 2.45) is 5.92 Å². The summed E-state index contributed by atoms with van der Waals surface area (Å²) in [4.78, 5) is 14.7. The van der Waals surface area contributed by atoms with Crippen LogP contribution in [-0.2, 0) is 0 Å². The number of nitrogens with one attached hydrogen (secondary N) is 1. The van der Waals surface area contributed by atoms with Gasteiger partial charge in [0.2, 0.25) is 0 Å². The first-order valence-electron chi connectivity index (χ1n) is 7.39. The fourth-order valence-electron chi connectivity index (χ4n) is 2.90. The number of carbonyl (C=O) groups excluding carboxylic acids is 1. The molecule has 2 atom stereocenters. The highest BCUT2D eigenvalue weighted by molar-refractivity contribution is 7.11. The predicted octanol–water partition coefficient (Wildman–Crippen LogP) is 2.24. The number of aromatic nitrogens is 1. The molecule has 6 heteroatoms. The molecule has 1 aromatic heterocycles. The zero-order chi connectivity index (χ0) is 14.3. The Morgan fingerprint density at radius 3 is 2.80 bits per heavy atom. The van der Waals surface area contributed by atoms with E-state index >= 15 is 0 Å². The van der Waals surface area contributed by atoms with Crippen molar-refractivity contribution in [1.82, 2.24) is 9.69 Å². The Hall–Kier alpha value is -1.30. The molecule has 2 aliphatic rings. The average molecular weight is 294 g/mol. The van der Waals surface area contributed by atoms with Crippen LogP contribution in [0.3, 0.4) is 0 Å². The van der Waals surface area contributed by atoms with Gasteiger partial charge in [-0.05, 0) is 50.1 Å². The zero-order valence-electron chi connectivity index (χ0n) is 12.1. The number of hydrogen-bond donors (Lipinski definition) is 2. The fraction of sp³-hybridized carbons (Fsp3) is 0.714. The van der Waals surface area contributed by atoms with Gasteiger partial charge in [0.25, 0.3) is 5.91 Å². The Morgan fingerprint density at radius 1 is 1.40 bits per heavy atom. The third-order valence-corrected chi connectivity index (χ3v) is 5.14. The second-order valence-electron chi connectivity index (χ2n) is 6.17. The van der Waals surface area contributed by atoms with Gasteiger partial charge in [-0.25, -0.2) is 0 Å². The first-order valence-corrected chi connectivity index (χ1v) is 8.16. The summed E-state index contributed by atoms with van der Waals surface area (Å²) < 4.78 is 4.21. The monoisotopic (exact) mass is 294 g/mol. The molecule has 1 aliphatic carbocycles. The van der Waals surface area contributed by atoms with E-state index in [4.69, 9.17) is 5.73 Å². The first-order chi connectivity index (χ1) is 9.56. The van der Waals surface area contributed by atoms with Crippen LogP contribution in [0.2, 0.25) is 0 Å². The van der Waals surface area contributed by atoms with Crippen molar-refractivity contribution in [1.29, 1.82) is 0 Å². The Morgan fingerprint density at radius 2 is 2.15 bits per heavy atom. The van der Waals surface area contributed by atoms with E-state index in [1.807, 2.05) is 0 Å². The third kappa shape index (κ3) is 2.61. The van der Waals surface area contributed by atoms with Crippen molar-refractivity contribution in [3.05, 3.63) is 5.56 Å². The molecular formula is C14H22N4OS. The van der Waals surface area contributed by atoms with E-state index in [0.717, 1.165) is 43.1 Å². The SMILES string of the molecule is CC1CCN(c2snc(N)c2C(=O)NC2CC2)C(C)C1. The van der Waals surface area contributed by atoms with Gasteiger partial charge < -0.3 is 16.0 Å². The van der Waals surface area contributed by atoms with Crippen LogP contribution in [0.15, 0.2) is 0 Å². The summed E-state index contributed by atoms with van der Waals surface area (Å²) in [5.41, 5.74) is 6.52. The molecule has 3 rings (SSSR count). The summed E-state index contributed by atoms with van der Waals surface area (Å²) in [5.74, 6) is 1.06. The summed E-state index contributed by atoms with van der Waals surface area (Å²) in [6.07, 6.45) is 4.47. The molecule has 110 valence electrons. The highest BCUT2D eigenvalue weighted by Gasteiger charge is 2.32. The number of nitrogens with zero attached hydrogens (tertiary/aromatic N) is 2. The Labute approximate surface area is 123 Å². The van der Waals surface area contributed by atoms with Gasteiger partial charge in [-0.15, -0.1) is 0 Å². The van der Waals surface area contributed by atoms with Crippen molar-refractivity contribution in [2.45, 2.75) is 51.6 Å². The molecule has 0 spiro atoms. The maximum Gasteiger partial charge on any atom is 0.258 e. The van der Waals surface area contributed by atoms with Gasteiger partial charge in [-0.1, -0.05) is 6.92 Å². The smallest absolute Gasteiger partial charge is 0.258 e. The molecule has 5 nitrogen and oxygen atoms in total. The number of carbonyl (C=O) groups is 1. The molecule has 1 saturated carbocycles. The zero-order valence-corrected chi connectivity index (χ0v) is 12.9. The van der Waals surface area contributed by atoms with E-state index in [1.165, 1.54) is 11.5 Å². The number of nitrogen functional groups attached to an aromatic ring is 1. The number of piperidine rings is 1. The van der Waals surface area contributed by atoms with Crippen LogP contribution in [0.25, 0.3) is 0 Å². The Kier molecular flexibility index (Phi) is 3.58. The number of hydrogen-bond acceptors (Lipinski definition) is 5. The van der Waals surface area contributed by atoms with Crippen LogP contribution >= 0.6 is 11.5 Å². The molecule has 1 saturated heterocycles. The highest BCUT2D eigenvalue weighted by Crippen LogP contribution is 2.36. The molecular weight excluding hydrogens is 272 g/mol. The molecule has 2 unspecified atom stereocenters. The molecule has 1 amide bonds. The van der Waals surface area contributed by atoms with Crippen molar-refractivity contribution in [3.8, 4) is 0 Å². The second kappa shape index (κ2) is 5.24. The van der Waals surface area contributed by atoms with Gasteiger partial charge in [0.05, 0.1) is 0 Å². The summed E-state index contributed by atoms with van der Waals surface area (Å²) in [7, 11) is 0. The lowest BCUT2D eigenvalue weighted by Crippen LogP contribution is -2.41. The van der Waals surface area contributed by atoms with Gasteiger partial charge in [-0.2, -0.15) is 4.37 Å². The summed E-state index contributed by atoms with van der Waals surface area (Å²) in [6, 6.07) is 0.777. The van der Waals surface area contributed by atoms with Crippen LogP contribution in [0.4, 0.5) is 10.8 Å². The summed E-state index contributed by atoms with van der Waals surface area (Å²) in [6.45, 7) is 5.48. The number of anilines is 2. The topological polar surface area (TPSA) is 71.2 Å². The van der Waals surface area contributed by atoms with Gasteiger partial charge in [0, 0.05) is 18.6 Å². The van der Waals surface area contributed by atoms with E-state index in [2.05, 4.69) is 28.4 Å². The minimum absolute atomic E-state index is 0.0560. The Balaban J connectivity index is 1.83. The summed E-state index contributed by atoms with van der Waals surface area (Å²) in [5, 5.41) is 3.97. The maximum atomic E-state index is 12.4. The number of nitrogens with two attached hydrogens (primary N) is 1. The molecule has 1 aliphatic heterocycles. The summed E-state index contributed by atoms with van der Waals surface area (Å²) >= 11 is 1.35. The van der Waals surface area contributed by atoms with E-state index in [9.17, 15) is 4.79 Å². The van der Waals surface area contributed by atoms with Gasteiger partial charge in [0.1, 0.15) is 10.6 Å². The largest absolute Gasteiger partial charge is 0.382 e. The molecule has 0 bridgehead atoms. The lowest BCUT2D eigenvalue weighted by atomic mass is 9.93. The first kappa shape index (κ1) is 13.7. The fourth-order valence-corrected chi connectivity index (χ4v) is 3.84. The van der Waals surface area contributed by atoms with Crippen LogP contribution < -0.4 is 16.0 Å². The van der Waals surface area contributed by atoms with Crippen LogP contribution in [0.5, 0.6) is 0 Å². The molecule has 0 aromatic carbocycles. The standard InChI is InChI=1S/C14H22N4OS/c1-8-5-6-18(9(2)7-8)14-11(12(15)17-20-14)13(19)16-10-3-4-10/h8-10H,3-7H2,1-2H3,(H2,15,17)(H,16,19). The van der Waals surface area contributed by atoms with E-state index in [0.29, 0.717) is 23.5 Å². The molecule has 3 N–H and O–H groups in total. The van der Waals surface area contributed by atoms with Crippen molar-refractivity contribution in [3.63, 3.8) is 0 Å². The van der Waals surface area contributed by atoms with Crippen molar-refractivity contribution in [2.75, 3.05) is 17.2 Å². The Bertz CT molecular complexity index is 511. The minimum atomic E-state index is -0.0560. The quantitative estimate of drug-likeness (QED) is 0.897. The van der Waals surface area contributed by atoms with E-state index in [-0.39, 0.29) is 5.91 Å². The normalized spacial score (nSPS) is 26.6. The number of amides is 1. The maximum absolute atomic E-state index is 12.4.